The molecule has 9 aromatic rings. The summed E-state index contributed by atoms with van der Waals surface area (Å²) in [6, 6.07) is 53.1. The second-order valence-corrected chi connectivity index (χ2v) is 27.5. The van der Waals surface area contributed by atoms with Gasteiger partial charge in [0, 0.05) is 31.2 Å². The third kappa shape index (κ3) is 8.52. The van der Waals surface area contributed by atoms with Gasteiger partial charge >= 0.3 is 148 Å². The number of rotatable bonds is 8. The SMILES string of the molecule is CC(C)c1cccc(C(C)C)c1-n1c(-c2[c-]ccc3c2oc2ccccc23)nc2ccccc21.Cc1ccccc1Cc1cc(-c2[c-]cccc2)nc[c]1[Ge]([CH3])([CH3])[CH3].[Ir]. The van der Waals surface area contributed by atoms with E-state index in [1.54, 1.807) is 0 Å². The topological polar surface area (TPSA) is 43.9 Å². The molecule has 0 aliphatic carbocycles. The zero-order valence-corrected chi connectivity index (χ0v) is 39.7. The summed E-state index contributed by atoms with van der Waals surface area (Å²) >= 11 is -1.98. The van der Waals surface area contributed by atoms with Crippen molar-refractivity contribution < 1.29 is 24.5 Å². The van der Waals surface area contributed by atoms with Crippen LogP contribution in [0.4, 0.5) is 0 Å². The summed E-state index contributed by atoms with van der Waals surface area (Å²) in [5.74, 6) is 8.91. The molecule has 9 rings (SSSR count). The predicted octanol–water partition coefficient (Wildman–Crippen LogP) is 13.6. The molecule has 0 atom stereocenters. The maximum Gasteiger partial charge on any atom is 0 e. The molecule has 0 saturated carbocycles. The normalized spacial score (nSPS) is 11.6. The Morgan fingerprint density at radius 1 is 0.695 bits per heavy atom. The van der Waals surface area contributed by atoms with Crippen LogP contribution >= 0.6 is 0 Å². The van der Waals surface area contributed by atoms with Crippen molar-refractivity contribution in [2.45, 2.75) is 70.1 Å². The molecule has 0 aliphatic rings. The quantitative estimate of drug-likeness (QED) is 0.113. The molecule has 0 unspecified atom stereocenters. The van der Waals surface area contributed by atoms with Crippen LogP contribution in [0.1, 0.15) is 67.3 Å². The second kappa shape index (κ2) is 17.7. The van der Waals surface area contributed by atoms with E-state index in [4.69, 9.17) is 14.4 Å². The molecule has 4 nitrogen and oxygen atoms in total. The minimum atomic E-state index is -1.98. The van der Waals surface area contributed by atoms with E-state index < -0.39 is 13.3 Å². The Morgan fingerprint density at radius 3 is 2.10 bits per heavy atom. The largest absolute Gasteiger partial charge is 0 e. The van der Waals surface area contributed by atoms with Gasteiger partial charge in [0.15, 0.2) is 0 Å². The summed E-state index contributed by atoms with van der Waals surface area (Å²) < 4.78 is 10.2. The first kappa shape index (κ1) is 42.1. The first-order valence-corrected chi connectivity index (χ1v) is 27.8. The van der Waals surface area contributed by atoms with E-state index in [1.165, 1.54) is 37.9 Å². The molecule has 0 aliphatic heterocycles. The molecule has 6 heteroatoms. The number of nitrogens with zero attached hydrogens (tertiary/aromatic N) is 3. The van der Waals surface area contributed by atoms with E-state index in [9.17, 15) is 0 Å². The van der Waals surface area contributed by atoms with Gasteiger partial charge in [-0.15, -0.1) is 18.2 Å². The predicted molar refractivity (Wildman–Crippen MR) is 246 cm³/mol. The van der Waals surface area contributed by atoms with Crippen LogP contribution < -0.4 is 4.40 Å². The third-order valence-electron chi connectivity index (χ3n) is 11.1. The molecule has 0 N–H and O–H groups in total. The molecule has 6 aromatic carbocycles. The molecular weight excluding hydrogens is 959 g/mol. The van der Waals surface area contributed by atoms with Crippen LogP contribution in [0.15, 0.2) is 144 Å². The fourth-order valence-electron chi connectivity index (χ4n) is 8.08. The number of aromatic nitrogens is 3. The number of aryl methyl sites for hydroxylation is 1. The van der Waals surface area contributed by atoms with Crippen molar-refractivity contribution in [2.24, 2.45) is 0 Å². The summed E-state index contributed by atoms with van der Waals surface area (Å²) in [5.41, 5.74) is 14.8. The average molecular weight is 1010 g/mol. The Morgan fingerprint density at radius 2 is 1.39 bits per heavy atom. The summed E-state index contributed by atoms with van der Waals surface area (Å²) in [6.45, 7) is 11.2. The number of hydrogen-bond donors (Lipinski definition) is 0. The van der Waals surface area contributed by atoms with E-state index in [-0.39, 0.29) is 20.1 Å². The van der Waals surface area contributed by atoms with E-state index in [0.29, 0.717) is 11.8 Å². The van der Waals surface area contributed by atoms with Gasteiger partial charge in [0.25, 0.3) is 0 Å². The molecule has 0 saturated heterocycles. The van der Waals surface area contributed by atoms with Crippen LogP contribution in [0.3, 0.4) is 0 Å². The molecule has 0 amide bonds. The van der Waals surface area contributed by atoms with Gasteiger partial charge in [-0.1, -0.05) is 87.2 Å². The molecular formula is C53H51GeIrN3O-2. The van der Waals surface area contributed by atoms with E-state index in [2.05, 4.69) is 166 Å². The van der Waals surface area contributed by atoms with Gasteiger partial charge in [0.1, 0.15) is 5.58 Å². The first-order chi connectivity index (χ1) is 28.0. The van der Waals surface area contributed by atoms with Crippen LogP contribution in [0.5, 0.6) is 0 Å². The average Bonchev–Trinajstić information content (AvgIpc) is 3.80. The molecule has 0 fully saturated rings. The molecule has 299 valence electrons. The van der Waals surface area contributed by atoms with Gasteiger partial charge in [-0.25, -0.2) is 0 Å². The summed E-state index contributed by atoms with van der Waals surface area (Å²) in [5, 5.41) is 2.20. The minimum absolute atomic E-state index is 0. The zero-order valence-electron chi connectivity index (χ0n) is 35.2. The van der Waals surface area contributed by atoms with Gasteiger partial charge in [-0.2, -0.15) is 0 Å². The van der Waals surface area contributed by atoms with Crippen LogP contribution in [0.2, 0.25) is 17.3 Å². The maximum absolute atomic E-state index is 6.40. The van der Waals surface area contributed by atoms with Crippen LogP contribution in [-0.4, -0.2) is 27.8 Å². The third-order valence-corrected chi connectivity index (χ3v) is 15.4. The van der Waals surface area contributed by atoms with Crippen LogP contribution in [-0.2, 0) is 26.5 Å². The van der Waals surface area contributed by atoms with Crippen molar-refractivity contribution >= 4 is 50.6 Å². The van der Waals surface area contributed by atoms with Crippen molar-refractivity contribution in [1.82, 2.24) is 14.5 Å². The van der Waals surface area contributed by atoms with E-state index >= 15 is 0 Å². The Kier molecular flexibility index (Phi) is 12.6. The summed E-state index contributed by atoms with van der Waals surface area (Å²) in [6.07, 6.45) is 3.11. The molecule has 3 aromatic heterocycles. The number of pyridine rings is 1. The van der Waals surface area contributed by atoms with Crippen molar-refractivity contribution in [3.8, 4) is 28.3 Å². The molecule has 1 radical (unpaired) electrons. The Hall–Kier alpha value is -5.07. The number of para-hydroxylation sites is 4. The van der Waals surface area contributed by atoms with Crippen molar-refractivity contribution in [2.75, 3.05) is 0 Å². The zero-order chi connectivity index (χ0) is 40.6. The van der Waals surface area contributed by atoms with Crippen molar-refractivity contribution in [3.05, 3.63) is 180 Å². The van der Waals surface area contributed by atoms with E-state index in [0.717, 1.165) is 62.0 Å². The van der Waals surface area contributed by atoms with Gasteiger partial charge in [-0.3, -0.25) is 4.98 Å². The first-order valence-electron chi connectivity index (χ1n) is 20.4. The Balaban J connectivity index is 0.000000187. The number of fused-ring (bicyclic) bond motifs is 4. The number of imidazole rings is 1. The summed E-state index contributed by atoms with van der Waals surface area (Å²) in [7, 11) is 0. The van der Waals surface area contributed by atoms with Gasteiger partial charge < -0.3 is 8.98 Å². The number of benzene rings is 6. The molecule has 0 spiro atoms. The second-order valence-electron chi connectivity index (χ2n) is 16.9. The Labute approximate surface area is 365 Å². The molecule has 0 bridgehead atoms. The van der Waals surface area contributed by atoms with Gasteiger partial charge in [0.2, 0.25) is 0 Å². The Bertz CT molecular complexity index is 2860. The fourth-order valence-corrected chi connectivity index (χ4v) is 11.4. The minimum Gasteiger partial charge on any atom is 0 e. The number of hydrogen-bond acceptors (Lipinski definition) is 3. The van der Waals surface area contributed by atoms with E-state index in [1.807, 2.05) is 42.5 Å². The van der Waals surface area contributed by atoms with Crippen LogP contribution in [0, 0.1) is 19.1 Å². The molecule has 3 heterocycles. The van der Waals surface area contributed by atoms with Gasteiger partial charge in [0.05, 0.1) is 22.4 Å². The van der Waals surface area contributed by atoms with Gasteiger partial charge in [-0.05, 0) is 41.2 Å². The van der Waals surface area contributed by atoms with Crippen molar-refractivity contribution in [1.29, 1.82) is 0 Å². The van der Waals surface area contributed by atoms with Crippen LogP contribution in [0.25, 0.3) is 61.3 Å². The fraction of sp³-hybridized carbons (Fsp3) is 0.208. The summed E-state index contributed by atoms with van der Waals surface area (Å²) in [4.78, 5) is 9.91. The number of furan rings is 1. The molecule has 59 heavy (non-hydrogen) atoms. The van der Waals surface area contributed by atoms with Crippen molar-refractivity contribution in [3.63, 3.8) is 0 Å². The monoisotopic (exact) mass is 1010 g/mol. The standard InChI is InChI=1S/C31H27N2O.C22H24GeN.Ir/c1-19(2)21-12-9-13-22(20(3)4)29(21)33-27-17-7-6-16-26(27)32-31(33)25-15-10-14-24-23-11-5-8-18-28(23)34-30(24)25;1-17-10-8-9-13-19(17)14-20-15-22(18-11-6-5-7-12-18)24-16-21(20)23(2,3)4;/h5-14,16-20H,1-4H3;5-11,13,15-16H,14H2,1-4H3;/q2*-1;. The smallest absolute Gasteiger partial charge is 0 e. The maximum atomic E-state index is 6.40.